The Labute approximate surface area is 116 Å². The zero-order valence-corrected chi connectivity index (χ0v) is 12.2. The summed E-state index contributed by atoms with van der Waals surface area (Å²) in [5.74, 6) is 0.522. The van der Waals surface area contributed by atoms with Gasteiger partial charge in [-0.1, -0.05) is 40.5 Å². The third-order valence-corrected chi connectivity index (χ3v) is 3.98. The second-order valence-electron chi connectivity index (χ2n) is 4.32. The summed E-state index contributed by atoms with van der Waals surface area (Å²) in [7, 11) is 0. The highest BCUT2D eigenvalue weighted by molar-refractivity contribution is 9.10. The number of halogens is 2. The van der Waals surface area contributed by atoms with Crippen LogP contribution in [-0.2, 0) is 4.74 Å². The number of ether oxygens (including phenoxy) is 1. The van der Waals surface area contributed by atoms with Crippen molar-refractivity contribution < 1.29 is 4.74 Å². The molecule has 1 N–H and O–H groups in total. The van der Waals surface area contributed by atoms with Crippen LogP contribution >= 0.6 is 27.5 Å². The summed E-state index contributed by atoms with van der Waals surface area (Å²) in [6.07, 6.45) is 1.10. The van der Waals surface area contributed by atoms with E-state index in [1.165, 1.54) is 5.56 Å². The average Bonchev–Trinajstić information content (AvgIpc) is 2.80. The van der Waals surface area contributed by atoms with E-state index >= 15 is 0 Å². The lowest BCUT2D eigenvalue weighted by atomic mass is 9.92. The van der Waals surface area contributed by atoms with Crippen LogP contribution in [0, 0.1) is 5.92 Å². The summed E-state index contributed by atoms with van der Waals surface area (Å²) in [5, 5.41) is 4.34. The predicted molar refractivity (Wildman–Crippen MR) is 74.5 cm³/mol. The molecule has 1 aliphatic heterocycles. The molecular formula is C13H17BrClNO. The van der Waals surface area contributed by atoms with Gasteiger partial charge >= 0.3 is 0 Å². The molecule has 1 aromatic carbocycles. The van der Waals surface area contributed by atoms with E-state index < -0.39 is 0 Å². The smallest absolute Gasteiger partial charge is 0.0513 e. The van der Waals surface area contributed by atoms with E-state index in [4.69, 9.17) is 16.3 Å². The highest BCUT2D eigenvalue weighted by Crippen LogP contribution is 2.34. The summed E-state index contributed by atoms with van der Waals surface area (Å²) >= 11 is 9.77. The van der Waals surface area contributed by atoms with Gasteiger partial charge in [0.15, 0.2) is 0 Å². The van der Waals surface area contributed by atoms with E-state index in [1.807, 2.05) is 12.1 Å². The molecule has 0 bridgehead atoms. The minimum absolute atomic E-state index is 0.295. The molecule has 0 spiro atoms. The number of benzene rings is 1. The molecule has 4 heteroatoms. The van der Waals surface area contributed by atoms with Gasteiger partial charge in [0.2, 0.25) is 0 Å². The van der Waals surface area contributed by atoms with Gasteiger partial charge in [-0.2, -0.15) is 0 Å². The standard InChI is InChI=1S/C13H17BrClNO/c1-2-16-13(9-5-6-17-8-9)11-4-3-10(14)7-12(11)15/h3-4,7,9,13,16H,2,5-6,8H2,1H3. The zero-order valence-electron chi connectivity index (χ0n) is 9.88. The van der Waals surface area contributed by atoms with Gasteiger partial charge in [0.25, 0.3) is 0 Å². The van der Waals surface area contributed by atoms with Crippen molar-refractivity contribution in [2.45, 2.75) is 19.4 Å². The van der Waals surface area contributed by atoms with Gasteiger partial charge in [0, 0.05) is 28.1 Å². The fraction of sp³-hybridized carbons (Fsp3) is 0.538. The topological polar surface area (TPSA) is 21.3 Å². The number of hydrogen-bond donors (Lipinski definition) is 1. The lowest BCUT2D eigenvalue weighted by molar-refractivity contribution is 0.177. The van der Waals surface area contributed by atoms with E-state index in [2.05, 4.69) is 34.2 Å². The largest absolute Gasteiger partial charge is 0.381 e. The Morgan fingerprint density at radius 2 is 2.41 bits per heavy atom. The molecule has 2 nitrogen and oxygen atoms in total. The van der Waals surface area contributed by atoms with Crippen LogP contribution in [0.5, 0.6) is 0 Å². The van der Waals surface area contributed by atoms with Crippen LogP contribution in [0.25, 0.3) is 0 Å². The maximum absolute atomic E-state index is 6.33. The van der Waals surface area contributed by atoms with Crippen molar-refractivity contribution in [1.29, 1.82) is 0 Å². The highest BCUT2D eigenvalue weighted by atomic mass is 79.9. The van der Waals surface area contributed by atoms with Crippen LogP contribution in [0.3, 0.4) is 0 Å². The first-order valence-corrected chi connectivity index (χ1v) is 7.15. The highest BCUT2D eigenvalue weighted by Gasteiger charge is 2.27. The zero-order chi connectivity index (χ0) is 12.3. The van der Waals surface area contributed by atoms with E-state index in [0.717, 1.165) is 35.7 Å². The van der Waals surface area contributed by atoms with Crippen LogP contribution in [0.1, 0.15) is 24.9 Å². The van der Waals surface area contributed by atoms with Crippen molar-refractivity contribution in [3.63, 3.8) is 0 Å². The fourth-order valence-corrected chi connectivity index (χ4v) is 3.11. The van der Waals surface area contributed by atoms with Gasteiger partial charge in [-0.15, -0.1) is 0 Å². The summed E-state index contributed by atoms with van der Waals surface area (Å²) in [6, 6.07) is 6.39. The molecule has 1 saturated heterocycles. The minimum Gasteiger partial charge on any atom is -0.381 e. The first-order valence-electron chi connectivity index (χ1n) is 5.98. The van der Waals surface area contributed by atoms with Gasteiger partial charge in [0.1, 0.15) is 0 Å². The second-order valence-corrected chi connectivity index (χ2v) is 5.65. The van der Waals surface area contributed by atoms with Gasteiger partial charge < -0.3 is 10.1 Å². The Morgan fingerprint density at radius 3 is 3.00 bits per heavy atom. The number of nitrogens with one attached hydrogen (secondary N) is 1. The molecule has 17 heavy (non-hydrogen) atoms. The molecule has 0 aromatic heterocycles. The molecule has 1 fully saturated rings. The van der Waals surface area contributed by atoms with Crippen LogP contribution < -0.4 is 5.32 Å². The summed E-state index contributed by atoms with van der Waals surface area (Å²) in [4.78, 5) is 0. The first-order chi connectivity index (χ1) is 8.22. The van der Waals surface area contributed by atoms with Crippen molar-refractivity contribution in [2.75, 3.05) is 19.8 Å². The molecule has 94 valence electrons. The lowest BCUT2D eigenvalue weighted by Gasteiger charge is -2.24. The van der Waals surface area contributed by atoms with Crippen molar-refractivity contribution in [3.8, 4) is 0 Å². The first kappa shape index (κ1) is 13.3. The summed E-state index contributed by atoms with van der Waals surface area (Å²) in [6.45, 7) is 4.74. The third kappa shape index (κ3) is 3.22. The Bertz CT molecular complexity index is 380. The molecular weight excluding hydrogens is 302 g/mol. The molecule has 1 aromatic rings. The molecule has 1 heterocycles. The monoisotopic (exact) mass is 317 g/mol. The molecule has 2 rings (SSSR count). The van der Waals surface area contributed by atoms with E-state index in [-0.39, 0.29) is 0 Å². The van der Waals surface area contributed by atoms with Crippen LogP contribution in [0.2, 0.25) is 5.02 Å². The van der Waals surface area contributed by atoms with Crippen LogP contribution in [-0.4, -0.2) is 19.8 Å². The maximum atomic E-state index is 6.33. The average molecular weight is 319 g/mol. The molecule has 0 amide bonds. The van der Waals surface area contributed by atoms with E-state index in [0.29, 0.717) is 12.0 Å². The van der Waals surface area contributed by atoms with Crippen LogP contribution in [0.15, 0.2) is 22.7 Å². The molecule has 0 aliphatic carbocycles. The lowest BCUT2D eigenvalue weighted by Crippen LogP contribution is -2.28. The van der Waals surface area contributed by atoms with Gasteiger partial charge in [-0.3, -0.25) is 0 Å². The Morgan fingerprint density at radius 1 is 1.59 bits per heavy atom. The third-order valence-electron chi connectivity index (χ3n) is 3.16. The summed E-state index contributed by atoms with van der Waals surface area (Å²) < 4.78 is 6.49. The predicted octanol–water partition coefficient (Wildman–Crippen LogP) is 3.79. The molecule has 2 atom stereocenters. The second kappa shape index (κ2) is 6.19. The van der Waals surface area contributed by atoms with Crippen molar-refractivity contribution >= 4 is 27.5 Å². The van der Waals surface area contributed by atoms with Crippen molar-refractivity contribution in [1.82, 2.24) is 5.32 Å². The normalized spacial score (nSPS) is 21.7. The van der Waals surface area contributed by atoms with Crippen molar-refractivity contribution in [3.05, 3.63) is 33.3 Å². The van der Waals surface area contributed by atoms with E-state index in [1.54, 1.807) is 0 Å². The van der Waals surface area contributed by atoms with Crippen LogP contribution in [0.4, 0.5) is 0 Å². The molecule has 1 aliphatic rings. The minimum atomic E-state index is 0.295. The maximum Gasteiger partial charge on any atom is 0.0513 e. The van der Waals surface area contributed by atoms with Gasteiger partial charge in [0.05, 0.1) is 6.61 Å². The molecule has 2 unspecified atom stereocenters. The Kier molecular flexibility index (Phi) is 4.86. The van der Waals surface area contributed by atoms with E-state index in [9.17, 15) is 0 Å². The number of rotatable bonds is 4. The number of hydrogen-bond acceptors (Lipinski definition) is 2. The Balaban J connectivity index is 2.24. The Hall–Kier alpha value is -0.0900. The molecule has 0 radical (unpaired) electrons. The summed E-state index contributed by atoms with van der Waals surface area (Å²) in [5.41, 5.74) is 1.17. The van der Waals surface area contributed by atoms with Crippen molar-refractivity contribution in [2.24, 2.45) is 5.92 Å². The van der Waals surface area contributed by atoms with Gasteiger partial charge in [-0.25, -0.2) is 0 Å². The SMILES string of the molecule is CCNC(c1ccc(Br)cc1Cl)C1CCOC1. The van der Waals surface area contributed by atoms with Gasteiger partial charge in [-0.05, 0) is 30.7 Å². The molecule has 0 saturated carbocycles. The quantitative estimate of drug-likeness (QED) is 0.912. The fourth-order valence-electron chi connectivity index (χ4n) is 2.32.